The average Bonchev–Trinajstić information content (AvgIpc) is 2.49. The van der Waals surface area contributed by atoms with Crippen molar-refractivity contribution in [1.29, 1.82) is 0 Å². The van der Waals surface area contributed by atoms with Crippen LogP contribution >= 0.6 is 0 Å². The smallest absolute Gasteiger partial charge is 0.175 e. The second kappa shape index (κ2) is 2.55. The predicted molar refractivity (Wildman–Crippen MR) is 47.8 cm³/mol. The van der Waals surface area contributed by atoms with Crippen molar-refractivity contribution in [3.05, 3.63) is 23.2 Å². The maximum atomic E-state index is 10.4. The number of nitrogens with zero attached hydrogens (tertiary/aromatic N) is 3. The molecule has 0 aliphatic carbocycles. The molecule has 0 radical (unpaired) electrons. The second-order valence-electron chi connectivity index (χ2n) is 2.73. The highest BCUT2D eigenvalue weighted by Gasteiger charge is 2.10. The fraction of sp³-hybridized carbons (Fsp3) is 0.125. The summed E-state index contributed by atoms with van der Waals surface area (Å²) in [5.41, 5.74) is 0.590. The number of aryl methyl sites for hydroxylation is 1. The molecule has 5 heteroatoms. The summed E-state index contributed by atoms with van der Waals surface area (Å²) in [6, 6.07) is 3.12. The topological polar surface area (TPSA) is 67.5 Å². The normalized spacial score (nSPS) is 10.5. The molecular weight excluding hydrogens is 170 g/mol. The molecule has 0 aliphatic heterocycles. The van der Waals surface area contributed by atoms with Gasteiger partial charge in [-0.1, -0.05) is 0 Å². The first-order chi connectivity index (χ1) is 6.24. The summed E-state index contributed by atoms with van der Waals surface area (Å²) in [6.07, 6.45) is 1.61. The first kappa shape index (κ1) is 7.72. The van der Waals surface area contributed by atoms with Gasteiger partial charge in [0.05, 0.1) is 6.20 Å². The van der Waals surface area contributed by atoms with E-state index in [0.29, 0.717) is 5.52 Å². The van der Waals surface area contributed by atoms with Gasteiger partial charge >= 0.3 is 0 Å². The van der Waals surface area contributed by atoms with Crippen LogP contribution in [0.25, 0.3) is 10.9 Å². The van der Waals surface area contributed by atoms with E-state index in [-0.39, 0.29) is 11.4 Å². The molecular formula is C8H7N3O2. The van der Waals surface area contributed by atoms with E-state index < -0.39 is 0 Å². The highest BCUT2D eigenvalue weighted by Crippen LogP contribution is 2.33. The van der Waals surface area contributed by atoms with Crippen LogP contribution in [0.15, 0.2) is 23.5 Å². The Morgan fingerprint density at radius 3 is 3.00 bits per heavy atom. The van der Waals surface area contributed by atoms with E-state index in [1.165, 1.54) is 10.7 Å². The standard InChI is InChI=1S/C8H7N3O2/c1-11-8-5(4-9-11)2-3-6(12)7(8)10-13/h2-4,12H,1H3. The van der Waals surface area contributed by atoms with Gasteiger partial charge in [-0.2, -0.15) is 5.10 Å². The Morgan fingerprint density at radius 1 is 1.54 bits per heavy atom. The summed E-state index contributed by atoms with van der Waals surface area (Å²) in [4.78, 5) is 10.4. The molecule has 2 aromatic rings. The van der Waals surface area contributed by atoms with E-state index in [4.69, 9.17) is 0 Å². The molecule has 13 heavy (non-hydrogen) atoms. The minimum Gasteiger partial charge on any atom is -0.505 e. The number of phenols is 1. The summed E-state index contributed by atoms with van der Waals surface area (Å²) in [5.74, 6) is -0.119. The quantitative estimate of drug-likeness (QED) is 0.673. The molecule has 1 N–H and O–H groups in total. The monoisotopic (exact) mass is 177 g/mol. The van der Waals surface area contributed by atoms with Gasteiger partial charge < -0.3 is 5.11 Å². The maximum absolute atomic E-state index is 10.4. The summed E-state index contributed by atoms with van der Waals surface area (Å²) in [7, 11) is 1.69. The minimum atomic E-state index is -0.119. The average molecular weight is 177 g/mol. The Balaban J connectivity index is 2.96. The van der Waals surface area contributed by atoms with Gasteiger partial charge in [-0.05, 0) is 17.3 Å². The summed E-state index contributed by atoms with van der Waals surface area (Å²) in [5, 5.41) is 16.8. The Kier molecular flexibility index (Phi) is 1.51. The molecule has 0 bridgehead atoms. The van der Waals surface area contributed by atoms with E-state index >= 15 is 0 Å². The van der Waals surface area contributed by atoms with Gasteiger partial charge in [0, 0.05) is 12.4 Å². The number of aromatic nitrogens is 2. The SMILES string of the molecule is Cn1ncc2ccc(O)c(N=O)c21. The van der Waals surface area contributed by atoms with Gasteiger partial charge in [0.15, 0.2) is 5.69 Å². The Labute approximate surface area is 73.6 Å². The van der Waals surface area contributed by atoms with Crippen LogP contribution in [0, 0.1) is 4.91 Å². The fourth-order valence-electron chi connectivity index (χ4n) is 1.33. The lowest BCUT2D eigenvalue weighted by Gasteiger charge is -1.98. The third kappa shape index (κ3) is 0.970. The van der Waals surface area contributed by atoms with Gasteiger partial charge in [0.2, 0.25) is 0 Å². The molecule has 0 saturated carbocycles. The van der Waals surface area contributed by atoms with E-state index in [2.05, 4.69) is 10.3 Å². The number of hydrogen-bond donors (Lipinski definition) is 1. The predicted octanol–water partition coefficient (Wildman–Crippen LogP) is 1.68. The number of fused-ring (bicyclic) bond motifs is 1. The molecule has 0 aliphatic rings. The summed E-state index contributed by atoms with van der Waals surface area (Å²) >= 11 is 0. The third-order valence-corrected chi connectivity index (χ3v) is 1.95. The van der Waals surface area contributed by atoms with Crippen LogP contribution in [0.1, 0.15) is 0 Å². The van der Waals surface area contributed by atoms with Crippen LogP contribution < -0.4 is 0 Å². The van der Waals surface area contributed by atoms with Crippen LogP contribution in [0.5, 0.6) is 5.75 Å². The van der Waals surface area contributed by atoms with Crippen LogP contribution in [-0.2, 0) is 7.05 Å². The number of rotatable bonds is 1. The molecule has 0 unspecified atom stereocenters. The van der Waals surface area contributed by atoms with Crippen molar-refractivity contribution in [3.8, 4) is 5.75 Å². The van der Waals surface area contributed by atoms with Crippen LogP contribution in [-0.4, -0.2) is 14.9 Å². The highest BCUT2D eigenvalue weighted by molar-refractivity contribution is 5.92. The lowest BCUT2D eigenvalue weighted by atomic mass is 10.2. The maximum Gasteiger partial charge on any atom is 0.175 e. The number of hydrogen-bond acceptors (Lipinski definition) is 4. The lowest BCUT2D eigenvalue weighted by molar-refractivity contribution is 0.477. The largest absolute Gasteiger partial charge is 0.505 e. The zero-order valence-electron chi connectivity index (χ0n) is 6.93. The minimum absolute atomic E-state index is 0.0394. The molecule has 1 aromatic carbocycles. The lowest BCUT2D eigenvalue weighted by Crippen LogP contribution is -1.88. The van der Waals surface area contributed by atoms with E-state index in [9.17, 15) is 10.0 Å². The third-order valence-electron chi connectivity index (χ3n) is 1.95. The van der Waals surface area contributed by atoms with Crippen molar-refractivity contribution in [2.45, 2.75) is 0 Å². The summed E-state index contributed by atoms with van der Waals surface area (Å²) < 4.78 is 1.51. The van der Waals surface area contributed by atoms with Gasteiger partial charge in [-0.3, -0.25) is 4.68 Å². The Bertz CT molecular complexity index is 475. The molecule has 66 valence electrons. The van der Waals surface area contributed by atoms with E-state index in [0.717, 1.165) is 5.39 Å². The number of nitroso groups, excluding NO2 is 1. The van der Waals surface area contributed by atoms with E-state index in [1.54, 1.807) is 19.3 Å². The van der Waals surface area contributed by atoms with Gasteiger partial charge in [-0.15, -0.1) is 4.91 Å². The van der Waals surface area contributed by atoms with Crippen molar-refractivity contribution in [2.24, 2.45) is 12.2 Å². The first-order valence-corrected chi connectivity index (χ1v) is 3.71. The number of phenolic OH excluding ortho intramolecular Hbond substituents is 1. The molecule has 1 aromatic heterocycles. The van der Waals surface area contributed by atoms with Gasteiger partial charge in [0.25, 0.3) is 0 Å². The van der Waals surface area contributed by atoms with Crippen LogP contribution in [0.2, 0.25) is 0 Å². The molecule has 5 nitrogen and oxygen atoms in total. The van der Waals surface area contributed by atoms with Crippen LogP contribution in [0.4, 0.5) is 5.69 Å². The van der Waals surface area contributed by atoms with Gasteiger partial charge in [0.1, 0.15) is 11.3 Å². The van der Waals surface area contributed by atoms with Crippen molar-refractivity contribution in [1.82, 2.24) is 9.78 Å². The first-order valence-electron chi connectivity index (χ1n) is 3.71. The van der Waals surface area contributed by atoms with Crippen molar-refractivity contribution in [2.75, 3.05) is 0 Å². The van der Waals surface area contributed by atoms with Crippen molar-refractivity contribution >= 4 is 16.6 Å². The fourth-order valence-corrected chi connectivity index (χ4v) is 1.33. The second-order valence-corrected chi connectivity index (χ2v) is 2.73. The van der Waals surface area contributed by atoms with Crippen LogP contribution in [0.3, 0.4) is 0 Å². The molecule has 0 spiro atoms. The highest BCUT2D eigenvalue weighted by atomic mass is 16.3. The zero-order valence-corrected chi connectivity index (χ0v) is 6.93. The Hall–Kier alpha value is -1.91. The van der Waals surface area contributed by atoms with Crippen molar-refractivity contribution < 1.29 is 5.11 Å². The van der Waals surface area contributed by atoms with Crippen molar-refractivity contribution in [3.63, 3.8) is 0 Å². The molecule has 0 fully saturated rings. The Morgan fingerprint density at radius 2 is 2.31 bits per heavy atom. The molecule has 0 amide bonds. The van der Waals surface area contributed by atoms with Gasteiger partial charge in [-0.25, -0.2) is 0 Å². The van der Waals surface area contributed by atoms with E-state index in [1.807, 2.05) is 0 Å². The molecule has 0 atom stereocenters. The molecule has 0 saturated heterocycles. The number of aromatic hydroxyl groups is 1. The molecule has 1 heterocycles. The number of benzene rings is 1. The summed E-state index contributed by atoms with van der Waals surface area (Å²) in [6.45, 7) is 0. The zero-order chi connectivity index (χ0) is 9.42. The molecule has 2 rings (SSSR count).